The van der Waals surface area contributed by atoms with E-state index in [9.17, 15) is 4.79 Å². The second-order valence-electron chi connectivity index (χ2n) is 3.95. The summed E-state index contributed by atoms with van der Waals surface area (Å²) in [4.78, 5) is 10.9. The zero-order valence-corrected chi connectivity index (χ0v) is 10.7. The van der Waals surface area contributed by atoms with Gasteiger partial charge in [0.2, 0.25) is 0 Å². The lowest BCUT2D eigenvalue weighted by molar-refractivity contribution is 0.0695. The third kappa shape index (κ3) is 3.13. The number of carbonyl (C=O) groups is 1. The van der Waals surface area contributed by atoms with Crippen molar-refractivity contribution in [3.63, 3.8) is 0 Å². The molecule has 4 nitrogen and oxygen atoms in total. The molecule has 0 unspecified atom stereocenters. The number of thioether (sulfide) groups is 1. The molecule has 0 amide bonds. The second-order valence-corrected chi connectivity index (χ2v) is 4.94. The van der Waals surface area contributed by atoms with Crippen molar-refractivity contribution in [1.82, 2.24) is 5.16 Å². The summed E-state index contributed by atoms with van der Waals surface area (Å²) in [7, 11) is 0. The SMILES string of the molecule is Cc1cccc(CSCc2oncc2C(=O)O)c1. The summed E-state index contributed by atoms with van der Waals surface area (Å²) in [5.74, 6) is 0.749. The Balaban J connectivity index is 1.92. The molecule has 0 aliphatic heterocycles. The molecule has 1 aromatic heterocycles. The Labute approximate surface area is 109 Å². The van der Waals surface area contributed by atoms with Crippen molar-refractivity contribution in [3.05, 3.63) is 52.9 Å². The smallest absolute Gasteiger partial charge is 0.341 e. The maximum atomic E-state index is 10.9. The Morgan fingerprint density at radius 3 is 3.00 bits per heavy atom. The predicted molar refractivity (Wildman–Crippen MR) is 69.6 cm³/mol. The molecule has 1 aromatic carbocycles. The van der Waals surface area contributed by atoms with Gasteiger partial charge in [0.1, 0.15) is 5.56 Å². The topological polar surface area (TPSA) is 63.3 Å². The predicted octanol–water partition coefficient (Wildman–Crippen LogP) is 3.11. The second kappa shape index (κ2) is 5.73. The molecule has 1 heterocycles. The quantitative estimate of drug-likeness (QED) is 0.898. The molecule has 0 atom stereocenters. The maximum Gasteiger partial charge on any atom is 0.341 e. The molecule has 0 aliphatic carbocycles. The first kappa shape index (κ1) is 12.7. The van der Waals surface area contributed by atoms with Gasteiger partial charge in [0.25, 0.3) is 0 Å². The van der Waals surface area contributed by atoms with Gasteiger partial charge in [0.15, 0.2) is 5.76 Å². The van der Waals surface area contributed by atoms with Crippen molar-refractivity contribution in [1.29, 1.82) is 0 Å². The standard InChI is InChI=1S/C13H13NO3S/c1-9-3-2-4-10(5-9)7-18-8-12-11(13(15)16)6-14-17-12/h2-6H,7-8H2,1H3,(H,15,16). The lowest BCUT2D eigenvalue weighted by atomic mass is 10.2. The Morgan fingerprint density at radius 2 is 2.28 bits per heavy atom. The van der Waals surface area contributed by atoms with Crippen LogP contribution in [0.25, 0.3) is 0 Å². The molecule has 2 rings (SSSR count). The van der Waals surface area contributed by atoms with E-state index in [0.29, 0.717) is 11.5 Å². The summed E-state index contributed by atoms with van der Waals surface area (Å²) >= 11 is 1.61. The van der Waals surface area contributed by atoms with Gasteiger partial charge < -0.3 is 9.63 Å². The van der Waals surface area contributed by atoms with Crippen LogP contribution in [0.4, 0.5) is 0 Å². The highest BCUT2D eigenvalue weighted by Crippen LogP contribution is 2.20. The van der Waals surface area contributed by atoms with Crippen LogP contribution in [0.1, 0.15) is 27.2 Å². The van der Waals surface area contributed by atoms with Crippen LogP contribution in [0.5, 0.6) is 0 Å². The van der Waals surface area contributed by atoms with Gasteiger partial charge in [-0.15, -0.1) is 11.8 Å². The van der Waals surface area contributed by atoms with Crippen molar-refractivity contribution in [2.24, 2.45) is 0 Å². The van der Waals surface area contributed by atoms with Gasteiger partial charge in [-0.2, -0.15) is 0 Å². The van der Waals surface area contributed by atoms with Crippen LogP contribution in [0.15, 0.2) is 35.0 Å². The van der Waals surface area contributed by atoms with Crippen LogP contribution in [0.3, 0.4) is 0 Å². The molecule has 0 bridgehead atoms. The summed E-state index contributed by atoms with van der Waals surface area (Å²) in [6.45, 7) is 2.05. The van der Waals surface area contributed by atoms with Gasteiger partial charge in [-0.3, -0.25) is 0 Å². The van der Waals surface area contributed by atoms with Crippen LogP contribution < -0.4 is 0 Å². The van der Waals surface area contributed by atoms with E-state index in [4.69, 9.17) is 9.63 Å². The Kier molecular flexibility index (Phi) is 4.04. The van der Waals surface area contributed by atoms with Crippen LogP contribution in [-0.4, -0.2) is 16.2 Å². The minimum atomic E-state index is -0.998. The lowest BCUT2D eigenvalue weighted by Crippen LogP contribution is -1.97. The van der Waals surface area contributed by atoms with Gasteiger partial charge in [-0.1, -0.05) is 35.0 Å². The van der Waals surface area contributed by atoms with E-state index in [1.54, 1.807) is 11.8 Å². The van der Waals surface area contributed by atoms with Crippen molar-refractivity contribution in [2.45, 2.75) is 18.4 Å². The van der Waals surface area contributed by atoms with Crippen molar-refractivity contribution < 1.29 is 14.4 Å². The number of hydrogen-bond donors (Lipinski definition) is 1. The van der Waals surface area contributed by atoms with Crippen LogP contribution in [0, 0.1) is 6.92 Å². The fourth-order valence-electron chi connectivity index (χ4n) is 1.61. The molecule has 2 aromatic rings. The highest BCUT2D eigenvalue weighted by atomic mass is 32.2. The van der Waals surface area contributed by atoms with E-state index in [-0.39, 0.29) is 5.56 Å². The van der Waals surface area contributed by atoms with Gasteiger partial charge in [-0.25, -0.2) is 4.79 Å². The highest BCUT2D eigenvalue weighted by molar-refractivity contribution is 7.97. The van der Waals surface area contributed by atoms with E-state index < -0.39 is 5.97 Å². The average molecular weight is 263 g/mol. The van der Waals surface area contributed by atoms with Gasteiger partial charge in [-0.05, 0) is 12.5 Å². The van der Waals surface area contributed by atoms with Crippen molar-refractivity contribution >= 4 is 17.7 Å². The molecular weight excluding hydrogens is 250 g/mol. The fraction of sp³-hybridized carbons (Fsp3) is 0.231. The van der Waals surface area contributed by atoms with E-state index in [2.05, 4.69) is 17.3 Å². The Morgan fingerprint density at radius 1 is 1.44 bits per heavy atom. The van der Waals surface area contributed by atoms with Crippen molar-refractivity contribution in [3.8, 4) is 0 Å². The third-order valence-electron chi connectivity index (χ3n) is 2.46. The van der Waals surface area contributed by atoms with E-state index in [0.717, 1.165) is 5.75 Å². The minimum absolute atomic E-state index is 0.145. The summed E-state index contributed by atoms with van der Waals surface area (Å²) in [6, 6.07) is 8.24. The largest absolute Gasteiger partial charge is 0.478 e. The van der Waals surface area contributed by atoms with E-state index in [1.807, 2.05) is 19.1 Å². The Bertz CT molecular complexity index is 551. The molecule has 0 spiro atoms. The molecule has 1 N–H and O–H groups in total. The number of aromatic carboxylic acids is 1. The number of aromatic nitrogens is 1. The highest BCUT2D eigenvalue weighted by Gasteiger charge is 2.14. The summed E-state index contributed by atoms with van der Waals surface area (Å²) in [5.41, 5.74) is 2.59. The number of hydrogen-bond acceptors (Lipinski definition) is 4. The first-order valence-electron chi connectivity index (χ1n) is 5.47. The maximum absolute atomic E-state index is 10.9. The van der Waals surface area contributed by atoms with Crippen LogP contribution in [0.2, 0.25) is 0 Å². The number of carboxylic acids is 1. The zero-order valence-electron chi connectivity index (χ0n) is 9.92. The zero-order chi connectivity index (χ0) is 13.0. The molecule has 18 heavy (non-hydrogen) atoms. The molecular formula is C13H13NO3S. The number of nitrogens with zero attached hydrogens (tertiary/aromatic N) is 1. The minimum Gasteiger partial charge on any atom is -0.478 e. The monoisotopic (exact) mass is 263 g/mol. The first-order valence-corrected chi connectivity index (χ1v) is 6.62. The van der Waals surface area contributed by atoms with E-state index in [1.165, 1.54) is 17.3 Å². The van der Waals surface area contributed by atoms with E-state index >= 15 is 0 Å². The average Bonchev–Trinajstić information content (AvgIpc) is 2.77. The molecule has 5 heteroatoms. The molecule has 0 saturated heterocycles. The Hall–Kier alpha value is -1.75. The summed E-state index contributed by atoms with van der Waals surface area (Å²) in [5, 5.41) is 12.4. The lowest BCUT2D eigenvalue weighted by Gasteiger charge is -2.01. The molecule has 0 radical (unpaired) electrons. The number of aryl methyl sites for hydroxylation is 1. The van der Waals surface area contributed by atoms with Crippen molar-refractivity contribution in [2.75, 3.05) is 0 Å². The molecule has 0 saturated carbocycles. The van der Waals surface area contributed by atoms with Crippen LogP contribution in [-0.2, 0) is 11.5 Å². The van der Waals surface area contributed by atoms with Gasteiger partial charge in [0, 0.05) is 5.75 Å². The molecule has 0 aliphatic rings. The number of rotatable bonds is 5. The normalized spacial score (nSPS) is 10.5. The van der Waals surface area contributed by atoms with Gasteiger partial charge >= 0.3 is 5.97 Å². The molecule has 0 fully saturated rings. The van der Waals surface area contributed by atoms with Crippen LogP contribution >= 0.6 is 11.8 Å². The summed E-state index contributed by atoms with van der Waals surface area (Å²) in [6.07, 6.45) is 1.24. The number of benzene rings is 1. The number of carboxylic acid groups (broad SMARTS) is 1. The molecule has 94 valence electrons. The third-order valence-corrected chi connectivity index (χ3v) is 3.46. The van der Waals surface area contributed by atoms with Gasteiger partial charge in [0.05, 0.1) is 11.9 Å². The fourth-order valence-corrected chi connectivity index (χ4v) is 2.52. The first-order chi connectivity index (χ1) is 8.66. The summed E-state index contributed by atoms with van der Waals surface area (Å²) < 4.78 is 4.94.